The molecule has 9 heteroatoms. The first kappa shape index (κ1) is 23.9. The molecule has 0 saturated carbocycles. The maximum atomic E-state index is 13.8. The highest BCUT2D eigenvalue weighted by Crippen LogP contribution is 2.26. The summed E-state index contributed by atoms with van der Waals surface area (Å²) < 4.78 is 7.16. The van der Waals surface area contributed by atoms with Crippen LogP contribution in [0, 0.1) is 0 Å². The second-order valence-electron chi connectivity index (χ2n) is 8.52. The van der Waals surface area contributed by atoms with Crippen molar-refractivity contribution < 1.29 is 9.53 Å². The van der Waals surface area contributed by atoms with Crippen LogP contribution in [0.5, 0.6) is 5.75 Å². The van der Waals surface area contributed by atoms with Gasteiger partial charge in [-0.05, 0) is 51.0 Å². The zero-order valence-electron chi connectivity index (χ0n) is 19.1. The molecule has 4 rings (SSSR count). The Balaban J connectivity index is 0.00000289. The van der Waals surface area contributed by atoms with Gasteiger partial charge in [0.25, 0.3) is 5.91 Å². The number of hydrogen-bond donors (Lipinski definition) is 0. The summed E-state index contributed by atoms with van der Waals surface area (Å²) in [5.41, 5.74) is 3.08. The van der Waals surface area contributed by atoms with Crippen LogP contribution in [0.25, 0.3) is 5.65 Å². The topological polar surface area (TPSA) is 75.9 Å². The van der Waals surface area contributed by atoms with Crippen LogP contribution >= 0.6 is 12.4 Å². The number of carbonyl (C=O) groups excluding carboxylic acids is 1. The molecule has 172 valence electrons. The van der Waals surface area contributed by atoms with Crippen molar-refractivity contribution in [2.45, 2.75) is 45.2 Å². The van der Waals surface area contributed by atoms with Gasteiger partial charge < -0.3 is 14.5 Å². The van der Waals surface area contributed by atoms with Crippen LogP contribution in [0.2, 0.25) is 0 Å². The van der Waals surface area contributed by atoms with Gasteiger partial charge in [0.2, 0.25) is 0 Å². The van der Waals surface area contributed by atoms with Crippen LogP contribution in [0.4, 0.5) is 0 Å². The number of hydrogen-bond acceptors (Lipinski definition) is 6. The number of aromatic nitrogens is 4. The molecule has 3 heterocycles. The van der Waals surface area contributed by atoms with E-state index in [0.717, 1.165) is 42.8 Å². The van der Waals surface area contributed by atoms with Gasteiger partial charge in [0.15, 0.2) is 5.65 Å². The number of nitrogens with zero attached hydrogens (tertiary/aromatic N) is 6. The number of fused-ring (bicyclic) bond motifs is 1. The number of likely N-dealkylation sites (tertiary alicyclic amines) is 1. The molecule has 1 saturated heterocycles. The molecular weight excluding hydrogens is 428 g/mol. The van der Waals surface area contributed by atoms with Crippen LogP contribution in [-0.4, -0.2) is 68.8 Å². The van der Waals surface area contributed by atoms with Gasteiger partial charge in [-0.1, -0.05) is 32.0 Å². The van der Waals surface area contributed by atoms with Crippen molar-refractivity contribution in [3.63, 3.8) is 0 Å². The molecule has 1 amide bonds. The average molecular weight is 459 g/mol. The summed E-state index contributed by atoms with van der Waals surface area (Å²) in [4.78, 5) is 18.1. The Kier molecular flexibility index (Phi) is 7.69. The molecule has 0 spiro atoms. The molecule has 1 aromatic carbocycles. The molecule has 2 aromatic heterocycles. The number of methoxy groups -OCH3 is 1. The number of benzene rings is 1. The van der Waals surface area contributed by atoms with Crippen LogP contribution in [0.1, 0.15) is 54.2 Å². The van der Waals surface area contributed by atoms with Gasteiger partial charge in [0, 0.05) is 23.7 Å². The Morgan fingerprint density at radius 2 is 1.97 bits per heavy atom. The monoisotopic (exact) mass is 458 g/mol. The lowest BCUT2D eigenvalue weighted by atomic mass is 10.0. The number of ether oxygens (including phenoxy) is 1. The first-order valence-electron chi connectivity index (χ1n) is 10.8. The number of amides is 1. The lowest BCUT2D eigenvalue weighted by Gasteiger charge is -2.37. The first-order chi connectivity index (χ1) is 15.0. The molecule has 0 atom stereocenters. The summed E-state index contributed by atoms with van der Waals surface area (Å²) >= 11 is 0. The van der Waals surface area contributed by atoms with Gasteiger partial charge in [0.05, 0.1) is 7.11 Å². The number of carbonyl (C=O) groups is 1. The van der Waals surface area contributed by atoms with Gasteiger partial charge >= 0.3 is 0 Å². The van der Waals surface area contributed by atoms with Gasteiger partial charge in [-0.3, -0.25) is 4.79 Å². The maximum absolute atomic E-state index is 13.8. The molecule has 1 aliphatic heterocycles. The number of halogens is 1. The zero-order chi connectivity index (χ0) is 22.0. The Labute approximate surface area is 195 Å². The van der Waals surface area contributed by atoms with Crippen molar-refractivity contribution in [1.82, 2.24) is 29.6 Å². The molecule has 8 nitrogen and oxygen atoms in total. The molecular formula is C23H31ClN6O2. The highest BCUT2D eigenvalue weighted by atomic mass is 35.5. The summed E-state index contributed by atoms with van der Waals surface area (Å²) in [6.45, 7) is 6.59. The Morgan fingerprint density at radius 1 is 1.25 bits per heavy atom. The maximum Gasteiger partial charge on any atom is 0.274 e. The molecule has 0 unspecified atom stereocenters. The van der Waals surface area contributed by atoms with E-state index in [1.165, 1.54) is 0 Å². The summed E-state index contributed by atoms with van der Waals surface area (Å²) in [7, 11) is 3.79. The quantitative estimate of drug-likeness (QED) is 0.563. The lowest BCUT2D eigenvalue weighted by Crippen LogP contribution is -2.46. The van der Waals surface area contributed by atoms with E-state index in [0.29, 0.717) is 17.9 Å². The van der Waals surface area contributed by atoms with E-state index in [9.17, 15) is 4.79 Å². The van der Waals surface area contributed by atoms with Crippen LogP contribution < -0.4 is 4.74 Å². The van der Waals surface area contributed by atoms with Crippen molar-refractivity contribution in [3.8, 4) is 5.75 Å². The third kappa shape index (κ3) is 4.86. The van der Waals surface area contributed by atoms with Crippen molar-refractivity contribution in [2.75, 3.05) is 27.2 Å². The average Bonchev–Trinajstić information content (AvgIpc) is 3.26. The van der Waals surface area contributed by atoms with E-state index in [1.54, 1.807) is 18.0 Å². The first-order valence-corrected chi connectivity index (χ1v) is 10.8. The normalized spacial score (nSPS) is 15.0. The van der Waals surface area contributed by atoms with E-state index in [-0.39, 0.29) is 30.3 Å². The van der Waals surface area contributed by atoms with Gasteiger partial charge in [-0.25, -0.2) is 0 Å². The molecule has 3 aromatic rings. The number of rotatable bonds is 6. The fraction of sp³-hybridized carbons (Fsp3) is 0.478. The Bertz CT molecular complexity index is 1060. The lowest BCUT2D eigenvalue weighted by molar-refractivity contribution is 0.0560. The van der Waals surface area contributed by atoms with Crippen LogP contribution in [-0.2, 0) is 6.54 Å². The largest absolute Gasteiger partial charge is 0.496 e. The Morgan fingerprint density at radius 3 is 2.66 bits per heavy atom. The van der Waals surface area contributed by atoms with E-state index in [2.05, 4.69) is 41.1 Å². The van der Waals surface area contributed by atoms with Crippen molar-refractivity contribution in [1.29, 1.82) is 0 Å². The molecule has 0 N–H and O–H groups in total. The summed E-state index contributed by atoms with van der Waals surface area (Å²) in [5.74, 6) is 0.920. The molecule has 0 bridgehead atoms. The van der Waals surface area contributed by atoms with Crippen molar-refractivity contribution in [2.24, 2.45) is 0 Å². The predicted octanol–water partition coefficient (Wildman–Crippen LogP) is 3.41. The fourth-order valence-corrected chi connectivity index (χ4v) is 4.22. The minimum atomic E-state index is -0.0713. The molecule has 1 fully saturated rings. The van der Waals surface area contributed by atoms with E-state index in [1.807, 2.05) is 35.2 Å². The molecule has 0 radical (unpaired) electrons. The van der Waals surface area contributed by atoms with Crippen LogP contribution in [0.3, 0.4) is 0 Å². The highest BCUT2D eigenvalue weighted by molar-refractivity contribution is 5.93. The van der Waals surface area contributed by atoms with Crippen LogP contribution in [0.15, 0.2) is 36.7 Å². The third-order valence-corrected chi connectivity index (χ3v) is 6.06. The Hall–Kier alpha value is -2.71. The molecule has 1 aliphatic rings. The highest BCUT2D eigenvalue weighted by Gasteiger charge is 2.30. The second kappa shape index (κ2) is 10.3. The van der Waals surface area contributed by atoms with E-state index >= 15 is 0 Å². The molecule has 32 heavy (non-hydrogen) atoms. The summed E-state index contributed by atoms with van der Waals surface area (Å²) in [5, 5.41) is 12.7. The standard InChI is InChI=1S/C23H30N6O2.ClH/c1-16(2)19-13-20(26-29-15-24-25-22(19)29)23(30)28(18-9-11-27(3)12-10-18)14-17-7-5-6-8-21(17)31-4;/h5-8,13,15-16,18H,9-12,14H2,1-4H3;1H. The minimum absolute atomic E-state index is 0. The van der Waals surface area contributed by atoms with Gasteiger partial charge in [0.1, 0.15) is 17.8 Å². The third-order valence-electron chi connectivity index (χ3n) is 6.06. The predicted molar refractivity (Wildman–Crippen MR) is 126 cm³/mol. The van der Waals surface area contributed by atoms with Crippen molar-refractivity contribution >= 4 is 24.0 Å². The summed E-state index contributed by atoms with van der Waals surface area (Å²) in [6.07, 6.45) is 3.42. The smallest absolute Gasteiger partial charge is 0.274 e. The van der Waals surface area contributed by atoms with Gasteiger partial charge in [-0.2, -0.15) is 9.61 Å². The number of piperidine rings is 1. The van der Waals surface area contributed by atoms with E-state index < -0.39 is 0 Å². The fourth-order valence-electron chi connectivity index (χ4n) is 4.22. The molecule has 0 aliphatic carbocycles. The SMILES string of the molecule is COc1ccccc1CN(C(=O)c1cc(C(C)C)c2nncn2n1)C1CCN(C)CC1.Cl. The minimum Gasteiger partial charge on any atom is -0.496 e. The number of para-hydroxylation sites is 1. The van der Waals surface area contributed by atoms with Crippen molar-refractivity contribution in [3.05, 3.63) is 53.5 Å². The van der Waals surface area contributed by atoms with E-state index in [4.69, 9.17) is 4.74 Å². The summed E-state index contributed by atoms with van der Waals surface area (Å²) in [6, 6.07) is 9.90. The zero-order valence-corrected chi connectivity index (χ0v) is 19.9. The van der Waals surface area contributed by atoms with Gasteiger partial charge in [-0.15, -0.1) is 22.6 Å². The second-order valence-corrected chi connectivity index (χ2v) is 8.52.